The summed E-state index contributed by atoms with van der Waals surface area (Å²) in [5.41, 5.74) is 0.0511. The van der Waals surface area contributed by atoms with E-state index in [1.807, 2.05) is 13.8 Å². The van der Waals surface area contributed by atoms with Crippen LogP contribution >= 0.6 is 0 Å². The van der Waals surface area contributed by atoms with E-state index < -0.39 is 5.43 Å². The van der Waals surface area contributed by atoms with Crippen LogP contribution in [-0.4, -0.2) is 48.3 Å². The summed E-state index contributed by atoms with van der Waals surface area (Å²) in [4.78, 5) is 27.2. The van der Waals surface area contributed by atoms with E-state index >= 15 is 0 Å². The molecule has 3 aromatic rings. The Morgan fingerprint density at radius 1 is 1.06 bits per heavy atom. The smallest absolute Gasteiger partial charge is 0.246 e. The van der Waals surface area contributed by atoms with Crippen molar-refractivity contribution in [3.63, 3.8) is 0 Å². The lowest BCUT2D eigenvalue weighted by atomic mass is 10.0. The van der Waals surface area contributed by atoms with Gasteiger partial charge in [-0.2, -0.15) is 0 Å². The van der Waals surface area contributed by atoms with Crippen molar-refractivity contribution < 1.29 is 28.9 Å². The lowest BCUT2D eigenvalue weighted by molar-refractivity contribution is -0.125. The highest BCUT2D eigenvalue weighted by molar-refractivity contribution is 5.97. The summed E-state index contributed by atoms with van der Waals surface area (Å²) in [5.74, 6) is -0.232. The average molecular weight is 427 g/mol. The fourth-order valence-electron chi connectivity index (χ4n) is 3.52. The highest BCUT2D eigenvalue weighted by Crippen LogP contribution is 2.38. The molecule has 8 nitrogen and oxygen atoms in total. The molecule has 2 N–H and O–H groups in total. The summed E-state index contributed by atoms with van der Waals surface area (Å²) in [6.07, 6.45) is 3.06. The Balaban J connectivity index is 2.22. The number of rotatable bonds is 7. The van der Waals surface area contributed by atoms with E-state index in [-0.39, 0.29) is 57.1 Å². The molecule has 164 valence electrons. The number of carbonyl (C=O) groups is 1. The third-order valence-corrected chi connectivity index (χ3v) is 5.17. The Morgan fingerprint density at radius 3 is 2.35 bits per heavy atom. The third kappa shape index (κ3) is 4.01. The largest absolute Gasteiger partial charge is 0.507 e. The summed E-state index contributed by atoms with van der Waals surface area (Å²) >= 11 is 0. The number of likely N-dealkylation sites (N-methyl/N-ethyl adjacent to an activating group) is 1. The van der Waals surface area contributed by atoms with E-state index in [0.717, 1.165) is 0 Å². The molecule has 1 aromatic heterocycles. The van der Waals surface area contributed by atoms with Crippen molar-refractivity contribution in [1.82, 2.24) is 4.90 Å². The number of hydrogen-bond acceptors (Lipinski definition) is 7. The molecule has 0 bridgehead atoms. The molecule has 1 amide bonds. The predicted octanol–water partition coefficient (Wildman–Crippen LogP) is 3.34. The molecule has 0 fully saturated rings. The molecular weight excluding hydrogens is 402 g/mol. The number of amides is 1. The second kappa shape index (κ2) is 8.99. The lowest BCUT2D eigenvalue weighted by Crippen LogP contribution is -2.28. The molecule has 0 aliphatic heterocycles. The van der Waals surface area contributed by atoms with Crippen LogP contribution in [0.4, 0.5) is 0 Å². The molecule has 3 rings (SSSR count). The van der Waals surface area contributed by atoms with Crippen LogP contribution in [-0.2, 0) is 11.2 Å². The van der Waals surface area contributed by atoms with Crippen molar-refractivity contribution in [3.8, 4) is 23.0 Å². The Labute approximate surface area is 178 Å². The predicted molar refractivity (Wildman–Crippen MR) is 117 cm³/mol. The molecular formula is C23H25NO7. The first kappa shape index (κ1) is 22.0. The number of aromatic hydroxyl groups is 2. The van der Waals surface area contributed by atoms with Gasteiger partial charge in [-0.25, -0.2) is 0 Å². The van der Waals surface area contributed by atoms with Gasteiger partial charge in [0.2, 0.25) is 11.3 Å². The molecule has 31 heavy (non-hydrogen) atoms. The van der Waals surface area contributed by atoms with Gasteiger partial charge in [0.25, 0.3) is 0 Å². The van der Waals surface area contributed by atoms with Gasteiger partial charge in [-0.3, -0.25) is 9.59 Å². The van der Waals surface area contributed by atoms with Gasteiger partial charge >= 0.3 is 0 Å². The zero-order valence-electron chi connectivity index (χ0n) is 17.9. The topological polar surface area (TPSA) is 109 Å². The summed E-state index contributed by atoms with van der Waals surface area (Å²) in [7, 11) is 2.82. The maximum atomic E-state index is 13.3. The average Bonchev–Trinajstić information content (AvgIpc) is 2.75. The Morgan fingerprint density at radius 2 is 1.74 bits per heavy atom. The quantitative estimate of drug-likeness (QED) is 0.440. The fraction of sp³-hybridized carbons (Fsp3) is 0.304. The van der Waals surface area contributed by atoms with Gasteiger partial charge in [0.1, 0.15) is 28.1 Å². The van der Waals surface area contributed by atoms with Crippen LogP contribution < -0.4 is 14.9 Å². The maximum Gasteiger partial charge on any atom is 0.246 e. The van der Waals surface area contributed by atoms with Crippen molar-refractivity contribution in [3.05, 3.63) is 46.1 Å². The standard InChI is InChI=1S/C23H25NO7/c1-5-24(6-2)19(26)9-7-8-14-20-17(12-18(30-4)22(14)27)31-16-11-13(29-3)10-15(25)21(16)23(20)28/h7,9-12,25,27H,5-6,8H2,1-4H3/b9-7+. The first-order valence-corrected chi connectivity index (χ1v) is 9.87. The summed E-state index contributed by atoms with van der Waals surface area (Å²) in [5, 5.41) is 21.1. The number of allylic oxidation sites excluding steroid dienone is 1. The fourth-order valence-corrected chi connectivity index (χ4v) is 3.52. The van der Waals surface area contributed by atoms with E-state index in [9.17, 15) is 19.8 Å². The van der Waals surface area contributed by atoms with Crippen molar-refractivity contribution in [2.45, 2.75) is 20.3 Å². The van der Waals surface area contributed by atoms with Crippen LogP contribution in [0, 0.1) is 0 Å². The van der Waals surface area contributed by atoms with E-state index in [0.29, 0.717) is 18.8 Å². The number of hydrogen-bond donors (Lipinski definition) is 2. The first-order valence-electron chi connectivity index (χ1n) is 9.87. The normalized spacial score (nSPS) is 11.4. The summed E-state index contributed by atoms with van der Waals surface area (Å²) in [6.45, 7) is 4.92. The van der Waals surface area contributed by atoms with E-state index in [1.165, 1.54) is 38.5 Å². The molecule has 1 heterocycles. The molecule has 0 unspecified atom stereocenters. The minimum absolute atomic E-state index is 0.0256. The maximum absolute atomic E-state index is 13.3. The van der Waals surface area contributed by atoms with Crippen LogP contribution in [0.15, 0.2) is 39.6 Å². The molecule has 0 aliphatic carbocycles. The van der Waals surface area contributed by atoms with Gasteiger partial charge in [0, 0.05) is 36.9 Å². The molecule has 2 aromatic carbocycles. The van der Waals surface area contributed by atoms with Gasteiger partial charge < -0.3 is 29.0 Å². The summed E-state index contributed by atoms with van der Waals surface area (Å²) in [6, 6.07) is 4.23. The van der Waals surface area contributed by atoms with Crippen LogP contribution in [0.1, 0.15) is 19.4 Å². The Bertz CT molecular complexity index is 1220. The van der Waals surface area contributed by atoms with Gasteiger partial charge in [-0.05, 0) is 26.3 Å². The van der Waals surface area contributed by atoms with Gasteiger partial charge in [-0.15, -0.1) is 0 Å². The molecule has 0 atom stereocenters. The number of methoxy groups -OCH3 is 2. The molecule has 0 radical (unpaired) electrons. The van der Waals surface area contributed by atoms with E-state index in [4.69, 9.17) is 13.9 Å². The third-order valence-electron chi connectivity index (χ3n) is 5.17. The number of nitrogens with zero attached hydrogens (tertiary/aromatic N) is 1. The van der Waals surface area contributed by atoms with Crippen LogP contribution in [0.2, 0.25) is 0 Å². The number of carbonyl (C=O) groups excluding carboxylic acids is 1. The Hall–Kier alpha value is -3.68. The van der Waals surface area contributed by atoms with Crippen molar-refractivity contribution in [2.75, 3.05) is 27.3 Å². The number of phenols is 2. The number of benzene rings is 2. The molecule has 0 saturated carbocycles. The zero-order chi connectivity index (χ0) is 22.7. The Kier molecular flexibility index (Phi) is 6.39. The van der Waals surface area contributed by atoms with Crippen molar-refractivity contribution in [1.29, 1.82) is 0 Å². The minimum Gasteiger partial charge on any atom is -0.507 e. The minimum atomic E-state index is -0.507. The van der Waals surface area contributed by atoms with Gasteiger partial charge in [0.15, 0.2) is 11.5 Å². The van der Waals surface area contributed by atoms with Gasteiger partial charge in [-0.1, -0.05) is 6.08 Å². The first-order chi connectivity index (χ1) is 14.9. The van der Waals surface area contributed by atoms with Crippen molar-refractivity contribution in [2.24, 2.45) is 0 Å². The van der Waals surface area contributed by atoms with E-state index in [2.05, 4.69) is 0 Å². The molecule has 0 saturated heterocycles. The van der Waals surface area contributed by atoms with Gasteiger partial charge in [0.05, 0.1) is 19.6 Å². The molecule has 8 heteroatoms. The molecule has 0 aliphatic rings. The number of fused-ring (bicyclic) bond motifs is 2. The SMILES string of the molecule is CCN(CC)C(=O)/C=C/Cc1c(O)c(OC)cc2oc3cc(OC)cc(O)c3c(=O)c12. The second-order valence-corrected chi connectivity index (χ2v) is 6.85. The lowest BCUT2D eigenvalue weighted by Gasteiger charge is -2.16. The summed E-state index contributed by atoms with van der Waals surface area (Å²) < 4.78 is 16.2. The number of phenolic OH excluding ortho intramolecular Hbond substituents is 2. The van der Waals surface area contributed by atoms with Crippen LogP contribution in [0.5, 0.6) is 23.0 Å². The molecule has 0 spiro atoms. The number of ether oxygens (including phenoxy) is 2. The monoisotopic (exact) mass is 427 g/mol. The van der Waals surface area contributed by atoms with Crippen LogP contribution in [0.3, 0.4) is 0 Å². The second-order valence-electron chi connectivity index (χ2n) is 6.85. The highest BCUT2D eigenvalue weighted by Gasteiger charge is 2.21. The van der Waals surface area contributed by atoms with E-state index in [1.54, 1.807) is 11.0 Å². The van der Waals surface area contributed by atoms with Crippen molar-refractivity contribution >= 4 is 27.8 Å². The van der Waals surface area contributed by atoms with Crippen LogP contribution in [0.25, 0.3) is 21.9 Å². The zero-order valence-corrected chi connectivity index (χ0v) is 17.9. The highest BCUT2D eigenvalue weighted by atomic mass is 16.5.